The van der Waals surface area contributed by atoms with Gasteiger partial charge in [0.05, 0.1) is 18.5 Å². The van der Waals surface area contributed by atoms with Crippen molar-refractivity contribution in [3.05, 3.63) is 81.8 Å². The number of aryl methyl sites for hydroxylation is 3. The number of carbonyl (C=O) groups is 1. The molecule has 0 aliphatic rings. The Morgan fingerprint density at radius 2 is 1.87 bits per heavy atom. The molecule has 0 fully saturated rings. The van der Waals surface area contributed by atoms with Gasteiger partial charge in [-0.15, -0.1) is 0 Å². The molecule has 4 rings (SSSR count). The number of aromatic nitrogens is 4. The van der Waals surface area contributed by atoms with Crippen molar-refractivity contribution in [1.29, 1.82) is 0 Å². The minimum Gasteiger partial charge on any atom is -0.325 e. The third-order valence-corrected chi connectivity index (χ3v) is 5.78. The first-order valence-electron chi connectivity index (χ1n) is 9.88. The standard InChI is InChI=1S/C23H23N5O2S/c1-15-7-9-17(10-8-15)12-28-22(30)21-19(13-27(3)26-21)25-23(28)31-14-20(29)24-18-6-4-5-16(2)11-18/h4-11,13H,12,14H2,1-3H3,(H,24,29). The lowest BCUT2D eigenvalue weighted by atomic mass is 10.1. The molecule has 0 radical (unpaired) electrons. The number of benzene rings is 2. The molecule has 0 saturated carbocycles. The molecule has 0 atom stereocenters. The third kappa shape index (κ3) is 4.86. The maximum absolute atomic E-state index is 13.1. The number of fused-ring (bicyclic) bond motifs is 1. The molecule has 158 valence electrons. The second-order valence-corrected chi connectivity index (χ2v) is 8.46. The smallest absolute Gasteiger partial charge is 0.282 e. The van der Waals surface area contributed by atoms with E-state index >= 15 is 0 Å². The Morgan fingerprint density at radius 3 is 2.61 bits per heavy atom. The van der Waals surface area contributed by atoms with Crippen molar-refractivity contribution in [1.82, 2.24) is 19.3 Å². The molecule has 7 nitrogen and oxygen atoms in total. The molecule has 2 aromatic heterocycles. The normalized spacial score (nSPS) is 11.1. The summed E-state index contributed by atoms with van der Waals surface area (Å²) in [6.45, 7) is 4.35. The van der Waals surface area contributed by atoms with E-state index < -0.39 is 0 Å². The number of nitrogens with one attached hydrogen (secondary N) is 1. The van der Waals surface area contributed by atoms with Crippen molar-refractivity contribution in [3.63, 3.8) is 0 Å². The van der Waals surface area contributed by atoms with Crippen LogP contribution in [0.15, 0.2) is 64.7 Å². The van der Waals surface area contributed by atoms with Gasteiger partial charge in [-0.05, 0) is 37.1 Å². The Balaban J connectivity index is 1.61. The van der Waals surface area contributed by atoms with E-state index in [-0.39, 0.29) is 17.2 Å². The van der Waals surface area contributed by atoms with Crippen molar-refractivity contribution < 1.29 is 4.79 Å². The number of rotatable bonds is 6. The van der Waals surface area contributed by atoms with Crippen molar-refractivity contribution in [2.75, 3.05) is 11.1 Å². The van der Waals surface area contributed by atoms with E-state index in [9.17, 15) is 9.59 Å². The topological polar surface area (TPSA) is 81.8 Å². The van der Waals surface area contributed by atoms with Gasteiger partial charge in [0.25, 0.3) is 5.56 Å². The highest BCUT2D eigenvalue weighted by molar-refractivity contribution is 7.99. The summed E-state index contributed by atoms with van der Waals surface area (Å²) in [4.78, 5) is 30.3. The largest absolute Gasteiger partial charge is 0.325 e. The molecule has 0 spiro atoms. The number of hydrogen-bond donors (Lipinski definition) is 1. The van der Waals surface area contributed by atoms with E-state index in [4.69, 9.17) is 0 Å². The summed E-state index contributed by atoms with van der Waals surface area (Å²) in [6, 6.07) is 15.6. The molecule has 0 saturated heterocycles. The van der Waals surface area contributed by atoms with Crippen LogP contribution in [0.4, 0.5) is 5.69 Å². The van der Waals surface area contributed by atoms with Crippen LogP contribution in [0, 0.1) is 13.8 Å². The highest BCUT2D eigenvalue weighted by Gasteiger charge is 2.16. The third-order valence-electron chi connectivity index (χ3n) is 4.80. The molecule has 0 aliphatic carbocycles. The zero-order valence-electron chi connectivity index (χ0n) is 17.6. The van der Waals surface area contributed by atoms with Gasteiger partial charge in [0.15, 0.2) is 10.7 Å². The van der Waals surface area contributed by atoms with Gasteiger partial charge in [0, 0.05) is 12.7 Å². The Bertz CT molecular complexity index is 1310. The fourth-order valence-corrected chi connectivity index (χ4v) is 4.06. The first kappa shape index (κ1) is 20.9. The molecular weight excluding hydrogens is 410 g/mol. The average molecular weight is 434 g/mol. The van der Waals surface area contributed by atoms with E-state index in [0.717, 1.165) is 22.4 Å². The van der Waals surface area contributed by atoms with E-state index in [0.29, 0.717) is 22.7 Å². The van der Waals surface area contributed by atoms with Gasteiger partial charge in [-0.1, -0.05) is 53.7 Å². The zero-order chi connectivity index (χ0) is 22.0. The summed E-state index contributed by atoms with van der Waals surface area (Å²) in [5.74, 6) is -0.0157. The molecule has 0 bridgehead atoms. The summed E-state index contributed by atoms with van der Waals surface area (Å²) in [5, 5.41) is 7.65. The predicted molar refractivity (Wildman–Crippen MR) is 124 cm³/mol. The number of amides is 1. The molecule has 31 heavy (non-hydrogen) atoms. The highest BCUT2D eigenvalue weighted by atomic mass is 32.2. The van der Waals surface area contributed by atoms with Crippen LogP contribution in [0.25, 0.3) is 11.0 Å². The maximum atomic E-state index is 13.1. The molecule has 4 aromatic rings. The maximum Gasteiger partial charge on any atom is 0.282 e. The minimum absolute atomic E-state index is 0.139. The lowest BCUT2D eigenvalue weighted by molar-refractivity contribution is -0.113. The van der Waals surface area contributed by atoms with Crippen LogP contribution in [0.3, 0.4) is 0 Å². The number of nitrogens with zero attached hydrogens (tertiary/aromatic N) is 4. The Hall–Kier alpha value is -3.39. The van der Waals surface area contributed by atoms with Crippen molar-refractivity contribution in [3.8, 4) is 0 Å². The second kappa shape index (κ2) is 8.77. The first-order chi connectivity index (χ1) is 14.9. The number of hydrogen-bond acceptors (Lipinski definition) is 5. The molecule has 8 heteroatoms. The van der Waals surface area contributed by atoms with Crippen LogP contribution in [0.1, 0.15) is 16.7 Å². The predicted octanol–water partition coefficient (Wildman–Crippen LogP) is 3.53. The highest BCUT2D eigenvalue weighted by Crippen LogP contribution is 2.19. The van der Waals surface area contributed by atoms with Gasteiger partial charge in [0.2, 0.25) is 5.91 Å². The minimum atomic E-state index is -0.215. The lowest BCUT2D eigenvalue weighted by Crippen LogP contribution is -2.25. The van der Waals surface area contributed by atoms with E-state index in [2.05, 4.69) is 15.4 Å². The van der Waals surface area contributed by atoms with Crippen molar-refractivity contribution in [2.45, 2.75) is 25.5 Å². The van der Waals surface area contributed by atoms with Gasteiger partial charge in [-0.25, -0.2) is 4.98 Å². The number of thioether (sulfide) groups is 1. The molecule has 0 aliphatic heterocycles. The van der Waals surface area contributed by atoms with Crippen molar-refractivity contribution >= 4 is 34.4 Å². The van der Waals surface area contributed by atoms with Crippen LogP contribution in [0.5, 0.6) is 0 Å². The second-order valence-electron chi connectivity index (χ2n) is 7.51. The van der Waals surface area contributed by atoms with Gasteiger partial charge < -0.3 is 5.32 Å². The lowest BCUT2D eigenvalue weighted by Gasteiger charge is -2.12. The zero-order valence-corrected chi connectivity index (χ0v) is 18.4. The van der Waals surface area contributed by atoms with Gasteiger partial charge >= 0.3 is 0 Å². The fraction of sp³-hybridized carbons (Fsp3) is 0.217. The molecule has 2 aromatic carbocycles. The van der Waals surface area contributed by atoms with Crippen LogP contribution in [-0.2, 0) is 18.4 Å². The van der Waals surface area contributed by atoms with Crippen LogP contribution in [0.2, 0.25) is 0 Å². The number of anilines is 1. The van der Waals surface area contributed by atoms with E-state index in [1.807, 2.05) is 62.4 Å². The van der Waals surface area contributed by atoms with Gasteiger partial charge in [0.1, 0.15) is 5.52 Å². The Morgan fingerprint density at radius 1 is 1.10 bits per heavy atom. The molecule has 1 N–H and O–H groups in total. The number of carbonyl (C=O) groups excluding carboxylic acids is 1. The quantitative estimate of drug-likeness (QED) is 0.372. The van der Waals surface area contributed by atoms with Crippen molar-refractivity contribution in [2.24, 2.45) is 7.05 Å². The monoisotopic (exact) mass is 433 g/mol. The summed E-state index contributed by atoms with van der Waals surface area (Å²) in [6.07, 6.45) is 1.71. The van der Waals surface area contributed by atoms with E-state index in [1.165, 1.54) is 11.8 Å². The summed E-state index contributed by atoms with van der Waals surface area (Å²) >= 11 is 1.24. The summed E-state index contributed by atoms with van der Waals surface area (Å²) < 4.78 is 3.17. The Labute approximate surface area is 184 Å². The SMILES string of the molecule is Cc1ccc(Cn2c(SCC(=O)Nc3cccc(C)c3)nc3cn(C)nc3c2=O)cc1. The molecular formula is C23H23N5O2S. The fourth-order valence-electron chi connectivity index (χ4n) is 3.26. The van der Waals surface area contributed by atoms with Crippen LogP contribution in [-0.4, -0.2) is 31.0 Å². The summed E-state index contributed by atoms with van der Waals surface area (Å²) in [7, 11) is 1.76. The van der Waals surface area contributed by atoms with E-state index in [1.54, 1.807) is 22.5 Å². The summed E-state index contributed by atoms with van der Waals surface area (Å²) in [5.41, 5.74) is 4.58. The van der Waals surface area contributed by atoms with Gasteiger partial charge in [-0.3, -0.25) is 18.8 Å². The first-order valence-corrected chi connectivity index (χ1v) is 10.9. The molecule has 2 heterocycles. The average Bonchev–Trinajstić information content (AvgIpc) is 3.11. The molecule has 1 amide bonds. The van der Waals surface area contributed by atoms with Crippen LogP contribution >= 0.6 is 11.8 Å². The van der Waals surface area contributed by atoms with Crippen LogP contribution < -0.4 is 10.9 Å². The molecule has 0 unspecified atom stereocenters. The van der Waals surface area contributed by atoms with Gasteiger partial charge in [-0.2, -0.15) is 5.10 Å². The Kier molecular flexibility index (Phi) is 5.90.